The Morgan fingerprint density at radius 2 is 2.11 bits per heavy atom. The van der Waals surface area contributed by atoms with Crippen LogP contribution in [-0.2, 0) is 4.79 Å². The molecule has 6 heteroatoms. The second-order valence-corrected chi connectivity index (χ2v) is 4.42. The monoisotopic (exact) mass is 267 g/mol. The van der Waals surface area contributed by atoms with Crippen molar-refractivity contribution < 1.29 is 24.5 Å². The van der Waals surface area contributed by atoms with Gasteiger partial charge in [-0.05, 0) is 18.6 Å². The standard InChI is InChI=1S/C13H17NO5/c14-8(2-5-11(16)17)12-9(15)3-4-10-13(12)19-7-1-6-18-10/h3-4,8,15H,1-2,5-7,14H2,(H,16,17). The Labute approximate surface area is 110 Å². The molecule has 6 nitrogen and oxygen atoms in total. The van der Waals surface area contributed by atoms with Crippen LogP contribution in [0.2, 0.25) is 0 Å². The Hall–Kier alpha value is -1.95. The van der Waals surface area contributed by atoms with Crippen LogP contribution >= 0.6 is 0 Å². The maximum Gasteiger partial charge on any atom is 0.303 e. The summed E-state index contributed by atoms with van der Waals surface area (Å²) in [6, 6.07) is 2.51. The van der Waals surface area contributed by atoms with Crippen molar-refractivity contribution in [2.24, 2.45) is 5.73 Å². The lowest BCUT2D eigenvalue weighted by molar-refractivity contribution is -0.137. The summed E-state index contributed by atoms with van der Waals surface area (Å²) < 4.78 is 11.1. The molecule has 1 aliphatic rings. The summed E-state index contributed by atoms with van der Waals surface area (Å²) in [4.78, 5) is 10.6. The van der Waals surface area contributed by atoms with Gasteiger partial charge in [-0.2, -0.15) is 0 Å². The molecule has 1 heterocycles. The number of hydrogen-bond acceptors (Lipinski definition) is 5. The normalized spacial score (nSPS) is 15.6. The molecule has 1 aliphatic heterocycles. The average Bonchev–Trinajstić information content (AvgIpc) is 2.61. The zero-order valence-electron chi connectivity index (χ0n) is 10.5. The molecule has 2 rings (SSSR count). The van der Waals surface area contributed by atoms with Gasteiger partial charge in [-0.1, -0.05) is 0 Å². The van der Waals surface area contributed by atoms with Crippen LogP contribution in [-0.4, -0.2) is 29.4 Å². The quantitative estimate of drug-likeness (QED) is 0.762. The predicted molar refractivity (Wildman–Crippen MR) is 67.5 cm³/mol. The summed E-state index contributed by atoms with van der Waals surface area (Å²) in [5, 5.41) is 18.6. The van der Waals surface area contributed by atoms with Gasteiger partial charge in [-0.25, -0.2) is 0 Å². The largest absolute Gasteiger partial charge is 0.507 e. The summed E-state index contributed by atoms with van der Waals surface area (Å²) in [6.07, 6.45) is 0.910. The van der Waals surface area contributed by atoms with E-state index in [0.29, 0.717) is 30.3 Å². The Balaban J connectivity index is 2.29. The van der Waals surface area contributed by atoms with E-state index in [1.54, 1.807) is 6.07 Å². The molecular weight excluding hydrogens is 250 g/mol. The highest BCUT2D eigenvalue weighted by atomic mass is 16.5. The minimum Gasteiger partial charge on any atom is -0.507 e. The molecule has 1 unspecified atom stereocenters. The van der Waals surface area contributed by atoms with E-state index < -0.39 is 12.0 Å². The number of carboxylic acids is 1. The van der Waals surface area contributed by atoms with Crippen LogP contribution < -0.4 is 15.2 Å². The van der Waals surface area contributed by atoms with Crippen molar-refractivity contribution in [3.05, 3.63) is 17.7 Å². The van der Waals surface area contributed by atoms with Crippen LogP contribution in [0.3, 0.4) is 0 Å². The molecule has 1 atom stereocenters. The summed E-state index contributed by atoms with van der Waals surface area (Å²) in [6.45, 7) is 1.02. The summed E-state index contributed by atoms with van der Waals surface area (Å²) >= 11 is 0. The number of carbonyl (C=O) groups is 1. The number of rotatable bonds is 4. The molecule has 0 fully saturated rings. The van der Waals surface area contributed by atoms with E-state index in [0.717, 1.165) is 6.42 Å². The fourth-order valence-electron chi connectivity index (χ4n) is 2.03. The molecule has 0 saturated heterocycles. The van der Waals surface area contributed by atoms with Gasteiger partial charge in [-0.15, -0.1) is 0 Å². The summed E-state index contributed by atoms with van der Waals surface area (Å²) in [7, 11) is 0. The number of nitrogens with two attached hydrogens (primary N) is 1. The number of hydrogen-bond donors (Lipinski definition) is 3. The lowest BCUT2D eigenvalue weighted by Crippen LogP contribution is -2.14. The average molecular weight is 267 g/mol. The maximum absolute atomic E-state index is 10.6. The van der Waals surface area contributed by atoms with E-state index >= 15 is 0 Å². The van der Waals surface area contributed by atoms with Gasteiger partial charge in [0.05, 0.1) is 18.8 Å². The third-order valence-corrected chi connectivity index (χ3v) is 2.97. The minimum absolute atomic E-state index is 0.00198. The lowest BCUT2D eigenvalue weighted by Gasteiger charge is -2.18. The van der Waals surface area contributed by atoms with Gasteiger partial charge in [0.15, 0.2) is 11.5 Å². The second kappa shape index (κ2) is 5.79. The van der Waals surface area contributed by atoms with Gasteiger partial charge in [0, 0.05) is 18.9 Å². The van der Waals surface area contributed by atoms with Crippen LogP contribution in [0.1, 0.15) is 30.9 Å². The Kier molecular flexibility index (Phi) is 4.11. The molecule has 0 amide bonds. The Morgan fingerprint density at radius 3 is 2.84 bits per heavy atom. The van der Waals surface area contributed by atoms with Crippen LogP contribution in [0, 0.1) is 0 Å². The number of aliphatic carboxylic acids is 1. The maximum atomic E-state index is 10.6. The molecule has 19 heavy (non-hydrogen) atoms. The Bertz CT molecular complexity index is 474. The topological polar surface area (TPSA) is 102 Å². The van der Waals surface area contributed by atoms with Gasteiger partial charge in [-0.3, -0.25) is 4.79 Å². The van der Waals surface area contributed by atoms with Gasteiger partial charge in [0.1, 0.15) is 5.75 Å². The highest BCUT2D eigenvalue weighted by molar-refractivity contribution is 5.67. The molecule has 1 aromatic rings. The van der Waals surface area contributed by atoms with Crippen molar-refractivity contribution in [2.75, 3.05) is 13.2 Å². The van der Waals surface area contributed by atoms with Gasteiger partial charge in [0.25, 0.3) is 0 Å². The van der Waals surface area contributed by atoms with Gasteiger partial charge < -0.3 is 25.4 Å². The van der Waals surface area contributed by atoms with Crippen LogP contribution in [0.15, 0.2) is 12.1 Å². The molecule has 0 radical (unpaired) electrons. The van der Waals surface area contributed by atoms with Crippen molar-refractivity contribution in [3.63, 3.8) is 0 Å². The number of carboxylic acid groups (broad SMARTS) is 1. The van der Waals surface area contributed by atoms with E-state index in [1.807, 2.05) is 0 Å². The summed E-state index contributed by atoms with van der Waals surface area (Å²) in [5.41, 5.74) is 6.38. The fourth-order valence-corrected chi connectivity index (χ4v) is 2.03. The number of phenols is 1. The first-order chi connectivity index (χ1) is 9.09. The van der Waals surface area contributed by atoms with Gasteiger partial charge >= 0.3 is 5.97 Å². The number of fused-ring (bicyclic) bond motifs is 1. The number of aromatic hydroxyl groups is 1. The van der Waals surface area contributed by atoms with E-state index in [1.165, 1.54) is 6.07 Å². The number of phenolic OH excluding ortho intramolecular Hbond substituents is 1. The molecule has 0 aromatic heterocycles. The van der Waals surface area contributed by atoms with Crippen LogP contribution in [0.4, 0.5) is 0 Å². The Morgan fingerprint density at radius 1 is 1.37 bits per heavy atom. The third-order valence-electron chi connectivity index (χ3n) is 2.97. The molecule has 1 aromatic carbocycles. The van der Waals surface area contributed by atoms with Gasteiger partial charge in [0.2, 0.25) is 0 Å². The fraction of sp³-hybridized carbons (Fsp3) is 0.462. The molecule has 0 aliphatic carbocycles. The number of ether oxygens (including phenoxy) is 2. The number of benzene rings is 1. The first kappa shape index (κ1) is 13.5. The molecule has 0 saturated carbocycles. The van der Waals surface area contributed by atoms with E-state index in [2.05, 4.69) is 0 Å². The van der Waals surface area contributed by atoms with E-state index in [9.17, 15) is 9.90 Å². The van der Waals surface area contributed by atoms with Crippen molar-refractivity contribution in [1.29, 1.82) is 0 Å². The van der Waals surface area contributed by atoms with Crippen molar-refractivity contribution in [3.8, 4) is 17.2 Å². The first-order valence-electron chi connectivity index (χ1n) is 6.18. The molecule has 104 valence electrons. The molecule has 0 spiro atoms. The van der Waals surface area contributed by atoms with Crippen molar-refractivity contribution >= 4 is 5.97 Å². The minimum atomic E-state index is -0.922. The van der Waals surface area contributed by atoms with E-state index in [4.69, 9.17) is 20.3 Å². The highest BCUT2D eigenvalue weighted by Crippen LogP contribution is 2.42. The summed E-state index contributed by atoms with van der Waals surface area (Å²) in [5.74, 6) is 0.0442. The lowest BCUT2D eigenvalue weighted by atomic mass is 10.00. The highest BCUT2D eigenvalue weighted by Gasteiger charge is 2.23. The molecular formula is C13H17NO5. The molecule has 0 bridgehead atoms. The first-order valence-corrected chi connectivity index (χ1v) is 6.18. The zero-order valence-corrected chi connectivity index (χ0v) is 10.5. The predicted octanol–water partition coefficient (Wildman–Crippen LogP) is 1.42. The molecule has 4 N–H and O–H groups in total. The second-order valence-electron chi connectivity index (χ2n) is 4.42. The smallest absolute Gasteiger partial charge is 0.303 e. The van der Waals surface area contributed by atoms with Crippen LogP contribution in [0.25, 0.3) is 0 Å². The SMILES string of the molecule is NC(CCC(=O)O)c1c(O)ccc2c1OCCCO2. The van der Waals surface area contributed by atoms with E-state index in [-0.39, 0.29) is 18.6 Å². The van der Waals surface area contributed by atoms with Crippen LogP contribution in [0.5, 0.6) is 17.2 Å². The van der Waals surface area contributed by atoms with Crippen molar-refractivity contribution in [2.45, 2.75) is 25.3 Å². The zero-order chi connectivity index (χ0) is 13.8. The van der Waals surface area contributed by atoms with Crippen molar-refractivity contribution in [1.82, 2.24) is 0 Å². The third kappa shape index (κ3) is 3.08.